The Bertz CT molecular complexity index is 666. The molecule has 0 spiro atoms. The molecule has 2 aromatic rings. The van der Waals surface area contributed by atoms with E-state index in [1.165, 1.54) is 21.2 Å². The van der Waals surface area contributed by atoms with Crippen LogP contribution in [0.3, 0.4) is 0 Å². The van der Waals surface area contributed by atoms with Crippen LogP contribution in [0.5, 0.6) is 0 Å². The highest BCUT2D eigenvalue weighted by Gasteiger charge is 2.24. The normalized spacial score (nSPS) is 20.0. The zero-order valence-electron chi connectivity index (χ0n) is 12.8. The second-order valence-corrected chi connectivity index (χ2v) is 6.02. The lowest BCUT2D eigenvalue weighted by atomic mass is 9.98. The third-order valence-electron chi connectivity index (χ3n) is 4.47. The quantitative estimate of drug-likeness (QED) is 0.909. The molecular formula is C18H22N2O2. The van der Waals surface area contributed by atoms with Crippen LogP contribution in [0.25, 0.3) is 10.8 Å². The SMILES string of the molecule is C[C@@H](NC1CCCN(C(=O)O)C1)c1cccc2ccccc12. The van der Waals surface area contributed by atoms with Crippen LogP contribution in [0.1, 0.15) is 31.4 Å². The van der Waals surface area contributed by atoms with Gasteiger partial charge in [-0.1, -0.05) is 42.5 Å². The topological polar surface area (TPSA) is 52.6 Å². The van der Waals surface area contributed by atoms with Crippen molar-refractivity contribution in [3.05, 3.63) is 48.0 Å². The van der Waals surface area contributed by atoms with Crippen LogP contribution in [0.2, 0.25) is 0 Å². The summed E-state index contributed by atoms with van der Waals surface area (Å²) >= 11 is 0. The minimum absolute atomic E-state index is 0.199. The number of piperidine rings is 1. The average Bonchev–Trinajstić information content (AvgIpc) is 2.54. The molecular weight excluding hydrogens is 276 g/mol. The molecule has 4 heteroatoms. The van der Waals surface area contributed by atoms with Crippen molar-refractivity contribution in [3.63, 3.8) is 0 Å². The Hall–Kier alpha value is -2.07. The number of fused-ring (bicyclic) bond motifs is 1. The van der Waals surface area contributed by atoms with E-state index in [4.69, 9.17) is 5.11 Å². The second kappa shape index (κ2) is 6.36. The maximum atomic E-state index is 11.1. The van der Waals surface area contributed by atoms with Gasteiger partial charge in [0.25, 0.3) is 0 Å². The Labute approximate surface area is 130 Å². The lowest BCUT2D eigenvalue weighted by molar-refractivity contribution is 0.124. The van der Waals surface area contributed by atoms with Crippen molar-refractivity contribution >= 4 is 16.9 Å². The maximum Gasteiger partial charge on any atom is 0.407 e. The van der Waals surface area contributed by atoms with Crippen molar-refractivity contribution in [3.8, 4) is 0 Å². The summed E-state index contributed by atoms with van der Waals surface area (Å²) in [5.41, 5.74) is 1.27. The molecule has 1 saturated heterocycles. The van der Waals surface area contributed by atoms with Crippen LogP contribution in [-0.2, 0) is 0 Å². The van der Waals surface area contributed by atoms with Crippen LogP contribution in [0.15, 0.2) is 42.5 Å². The fourth-order valence-corrected chi connectivity index (χ4v) is 3.36. The van der Waals surface area contributed by atoms with Crippen LogP contribution in [-0.4, -0.2) is 35.2 Å². The maximum absolute atomic E-state index is 11.1. The van der Waals surface area contributed by atoms with E-state index >= 15 is 0 Å². The van der Waals surface area contributed by atoms with Gasteiger partial charge in [-0.05, 0) is 36.1 Å². The first kappa shape index (κ1) is 14.9. The third-order valence-corrected chi connectivity index (χ3v) is 4.47. The molecule has 1 aliphatic heterocycles. The van der Waals surface area contributed by atoms with Crippen LogP contribution < -0.4 is 5.32 Å². The Morgan fingerprint density at radius 3 is 2.86 bits per heavy atom. The van der Waals surface area contributed by atoms with E-state index in [-0.39, 0.29) is 12.1 Å². The molecule has 1 unspecified atom stereocenters. The molecule has 116 valence electrons. The molecule has 2 atom stereocenters. The number of rotatable bonds is 3. The summed E-state index contributed by atoms with van der Waals surface area (Å²) in [6.45, 7) is 3.38. The third kappa shape index (κ3) is 3.07. The standard InChI is InChI=1S/C18H22N2O2/c1-13(19-15-8-5-11-20(12-15)18(21)22)16-10-4-7-14-6-2-3-9-17(14)16/h2-4,6-7,9-10,13,15,19H,5,8,11-12H2,1H3,(H,21,22)/t13-,15?/m1/s1. The fraction of sp³-hybridized carbons (Fsp3) is 0.389. The zero-order chi connectivity index (χ0) is 15.5. The Morgan fingerprint density at radius 2 is 2.05 bits per heavy atom. The van der Waals surface area contributed by atoms with E-state index in [2.05, 4.69) is 54.7 Å². The summed E-state index contributed by atoms with van der Waals surface area (Å²) in [6, 6.07) is 15.2. The van der Waals surface area contributed by atoms with E-state index in [0.29, 0.717) is 13.1 Å². The van der Waals surface area contributed by atoms with Crippen LogP contribution in [0, 0.1) is 0 Å². The predicted molar refractivity (Wildman–Crippen MR) is 88.1 cm³/mol. The molecule has 2 aromatic carbocycles. The van der Waals surface area contributed by atoms with E-state index in [0.717, 1.165) is 12.8 Å². The summed E-state index contributed by atoms with van der Waals surface area (Å²) in [7, 11) is 0. The molecule has 1 aliphatic rings. The molecule has 0 saturated carbocycles. The molecule has 22 heavy (non-hydrogen) atoms. The Balaban J connectivity index is 1.76. The number of nitrogens with zero attached hydrogens (tertiary/aromatic N) is 1. The molecule has 4 nitrogen and oxygen atoms in total. The van der Waals surface area contributed by atoms with Gasteiger partial charge in [-0.25, -0.2) is 4.79 Å². The van der Waals surface area contributed by atoms with Gasteiger partial charge in [-0.3, -0.25) is 0 Å². The van der Waals surface area contributed by atoms with E-state index in [1.807, 2.05) is 0 Å². The smallest absolute Gasteiger partial charge is 0.407 e. The summed E-state index contributed by atoms with van der Waals surface area (Å²) in [6.07, 6.45) is 1.13. The molecule has 1 amide bonds. The average molecular weight is 298 g/mol. The molecule has 0 aliphatic carbocycles. The molecule has 0 bridgehead atoms. The summed E-state index contributed by atoms with van der Waals surface area (Å²) in [5, 5.41) is 15.3. The second-order valence-electron chi connectivity index (χ2n) is 6.02. The highest BCUT2D eigenvalue weighted by Crippen LogP contribution is 2.25. The predicted octanol–water partition coefficient (Wildman–Crippen LogP) is 3.63. The molecule has 0 aromatic heterocycles. The zero-order valence-corrected chi connectivity index (χ0v) is 12.8. The van der Waals surface area contributed by atoms with Crippen molar-refractivity contribution < 1.29 is 9.90 Å². The summed E-state index contributed by atoms with van der Waals surface area (Å²) < 4.78 is 0. The van der Waals surface area contributed by atoms with Gasteiger partial charge in [0, 0.05) is 25.2 Å². The number of carbonyl (C=O) groups is 1. The number of nitrogens with one attached hydrogen (secondary N) is 1. The van der Waals surface area contributed by atoms with Crippen molar-refractivity contribution in [2.45, 2.75) is 31.8 Å². The first-order chi connectivity index (χ1) is 10.6. The van der Waals surface area contributed by atoms with Crippen molar-refractivity contribution in [1.82, 2.24) is 10.2 Å². The first-order valence-corrected chi connectivity index (χ1v) is 7.87. The highest BCUT2D eigenvalue weighted by atomic mass is 16.4. The Morgan fingerprint density at radius 1 is 1.27 bits per heavy atom. The number of carboxylic acid groups (broad SMARTS) is 1. The Kier molecular flexibility index (Phi) is 4.29. The minimum atomic E-state index is -0.815. The van der Waals surface area contributed by atoms with E-state index in [9.17, 15) is 4.79 Å². The lowest BCUT2D eigenvalue weighted by Crippen LogP contribution is -2.48. The van der Waals surface area contributed by atoms with Gasteiger partial charge < -0.3 is 15.3 Å². The molecule has 0 radical (unpaired) electrons. The van der Waals surface area contributed by atoms with Crippen molar-refractivity contribution in [1.29, 1.82) is 0 Å². The first-order valence-electron chi connectivity index (χ1n) is 7.87. The largest absolute Gasteiger partial charge is 0.465 e. The van der Waals surface area contributed by atoms with Gasteiger partial charge in [0.15, 0.2) is 0 Å². The lowest BCUT2D eigenvalue weighted by Gasteiger charge is -2.33. The highest BCUT2D eigenvalue weighted by molar-refractivity contribution is 5.86. The molecule has 2 N–H and O–H groups in total. The molecule has 3 rings (SSSR count). The van der Waals surface area contributed by atoms with Crippen molar-refractivity contribution in [2.24, 2.45) is 0 Å². The van der Waals surface area contributed by atoms with Gasteiger partial charge in [0.1, 0.15) is 0 Å². The summed E-state index contributed by atoms with van der Waals surface area (Å²) in [5.74, 6) is 0. The van der Waals surface area contributed by atoms with Crippen LogP contribution >= 0.6 is 0 Å². The number of hydrogen-bond acceptors (Lipinski definition) is 2. The van der Waals surface area contributed by atoms with Crippen molar-refractivity contribution in [2.75, 3.05) is 13.1 Å². The summed E-state index contributed by atoms with van der Waals surface area (Å²) in [4.78, 5) is 12.6. The number of benzene rings is 2. The van der Waals surface area contributed by atoms with Gasteiger partial charge in [0.05, 0.1) is 0 Å². The van der Waals surface area contributed by atoms with Gasteiger partial charge in [-0.15, -0.1) is 0 Å². The van der Waals surface area contributed by atoms with E-state index < -0.39 is 6.09 Å². The van der Waals surface area contributed by atoms with Gasteiger partial charge in [0.2, 0.25) is 0 Å². The monoisotopic (exact) mass is 298 g/mol. The minimum Gasteiger partial charge on any atom is -0.465 e. The van der Waals surface area contributed by atoms with Gasteiger partial charge in [-0.2, -0.15) is 0 Å². The number of likely N-dealkylation sites (tertiary alicyclic amines) is 1. The number of hydrogen-bond donors (Lipinski definition) is 2. The molecule has 1 heterocycles. The number of amides is 1. The fourth-order valence-electron chi connectivity index (χ4n) is 3.36. The van der Waals surface area contributed by atoms with Gasteiger partial charge >= 0.3 is 6.09 Å². The molecule has 1 fully saturated rings. The van der Waals surface area contributed by atoms with Crippen LogP contribution in [0.4, 0.5) is 4.79 Å². The van der Waals surface area contributed by atoms with E-state index in [1.54, 1.807) is 0 Å².